The minimum Gasteiger partial charge on any atom is -0.325 e. The highest BCUT2D eigenvalue weighted by Crippen LogP contribution is 2.21. The van der Waals surface area contributed by atoms with Gasteiger partial charge >= 0.3 is 0 Å². The number of nitrogens with one attached hydrogen (secondary N) is 2. The molecule has 0 saturated carbocycles. The van der Waals surface area contributed by atoms with Crippen LogP contribution in [0.25, 0.3) is 0 Å². The lowest BCUT2D eigenvalue weighted by molar-refractivity contribution is -0.115. The number of carbonyl (C=O) groups excluding carboxylic acids is 1. The van der Waals surface area contributed by atoms with Crippen LogP contribution in [0.4, 0.5) is 5.69 Å². The van der Waals surface area contributed by atoms with Crippen LogP contribution in [0.2, 0.25) is 0 Å². The third-order valence-electron chi connectivity index (χ3n) is 3.54. The van der Waals surface area contributed by atoms with Crippen molar-refractivity contribution in [3.05, 3.63) is 51.4 Å². The molecule has 1 aromatic heterocycles. The maximum atomic E-state index is 12.3. The highest BCUT2D eigenvalue weighted by Gasteiger charge is 2.17. The molecule has 0 aliphatic heterocycles. The maximum absolute atomic E-state index is 12.3. The second-order valence-corrected chi connectivity index (χ2v) is 6.74. The van der Waals surface area contributed by atoms with Crippen LogP contribution in [0.1, 0.15) is 30.7 Å². The van der Waals surface area contributed by atoms with Crippen LogP contribution < -0.4 is 10.9 Å². The molecule has 0 bridgehead atoms. The molecule has 1 aromatic carbocycles. The molecule has 1 atom stereocenters. The van der Waals surface area contributed by atoms with Crippen LogP contribution in [0, 0.1) is 13.8 Å². The Hall–Kier alpha value is -2.08. The van der Waals surface area contributed by atoms with Gasteiger partial charge in [-0.2, -0.15) is 0 Å². The van der Waals surface area contributed by atoms with E-state index in [1.807, 2.05) is 38.1 Å². The summed E-state index contributed by atoms with van der Waals surface area (Å²) in [6, 6.07) is 7.62. The van der Waals surface area contributed by atoms with Gasteiger partial charge in [-0.25, -0.2) is 4.98 Å². The van der Waals surface area contributed by atoms with Crippen molar-refractivity contribution in [2.24, 2.45) is 0 Å². The third-order valence-corrected chi connectivity index (χ3v) is 4.53. The molecule has 6 heteroatoms. The second-order valence-electron chi connectivity index (χ2n) is 5.41. The molecule has 5 nitrogen and oxygen atoms in total. The van der Waals surface area contributed by atoms with Crippen molar-refractivity contribution in [3.8, 4) is 0 Å². The van der Waals surface area contributed by atoms with Gasteiger partial charge in [-0.15, -0.1) is 0 Å². The number of anilines is 1. The van der Waals surface area contributed by atoms with Gasteiger partial charge in [0.2, 0.25) is 5.91 Å². The van der Waals surface area contributed by atoms with E-state index in [9.17, 15) is 9.59 Å². The van der Waals surface area contributed by atoms with Crippen molar-refractivity contribution in [2.75, 3.05) is 5.32 Å². The molecule has 0 saturated heterocycles. The smallest absolute Gasteiger partial charge is 0.254 e. The second kappa shape index (κ2) is 7.46. The molecule has 23 heavy (non-hydrogen) atoms. The van der Waals surface area contributed by atoms with Crippen molar-refractivity contribution >= 4 is 23.4 Å². The van der Waals surface area contributed by atoms with E-state index in [1.54, 1.807) is 13.8 Å². The van der Waals surface area contributed by atoms with Gasteiger partial charge in [-0.1, -0.05) is 36.4 Å². The van der Waals surface area contributed by atoms with E-state index >= 15 is 0 Å². The zero-order valence-electron chi connectivity index (χ0n) is 13.8. The van der Waals surface area contributed by atoms with Crippen LogP contribution in [0.5, 0.6) is 0 Å². The Morgan fingerprint density at radius 3 is 2.57 bits per heavy atom. The first-order chi connectivity index (χ1) is 10.9. The summed E-state index contributed by atoms with van der Waals surface area (Å²) in [6.45, 7) is 7.50. The SMILES string of the molecule is CCc1nc(S[C@H](C)C(=O)Nc2ccc(C)cc2)[nH]c(=O)c1C. The van der Waals surface area contributed by atoms with Gasteiger partial charge in [0.05, 0.1) is 10.9 Å². The molecule has 122 valence electrons. The summed E-state index contributed by atoms with van der Waals surface area (Å²) < 4.78 is 0. The molecule has 2 rings (SSSR count). The van der Waals surface area contributed by atoms with Crippen LogP contribution >= 0.6 is 11.8 Å². The average molecular weight is 331 g/mol. The van der Waals surface area contributed by atoms with E-state index in [0.717, 1.165) is 16.9 Å². The minimum absolute atomic E-state index is 0.125. The van der Waals surface area contributed by atoms with Gasteiger partial charge in [0.25, 0.3) is 5.56 Å². The van der Waals surface area contributed by atoms with Gasteiger partial charge in [-0.05, 0) is 39.3 Å². The predicted octanol–water partition coefficient (Wildman–Crippen LogP) is 3.07. The van der Waals surface area contributed by atoms with E-state index in [2.05, 4.69) is 15.3 Å². The molecule has 0 aliphatic rings. The average Bonchev–Trinajstić information content (AvgIpc) is 2.52. The molecular weight excluding hydrogens is 310 g/mol. The standard InChI is InChI=1S/C17H21N3O2S/c1-5-14-11(3)15(21)20-17(19-14)23-12(4)16(22)18-13-8-6-10(2)7-9-13/h6-9,12H,5H2,1-4H3,(H,18,22)(H,19,20,21)/t12-/m1/s1. The van der Waals surface area contributed by atoms with E-state index in [-0.39, 0.29) is 16.7 Å². The zero-order valence-corrected chi connectivity index (χ0v) is 14.6. The van der Waals surface area contributed by atoms with E-state index in [4.69, 9.17) is 0 Å². The summed E-state index contributed by atoms with van der Waals surface area (Å²) in [5, 5.41) is 2.97. The first-order valence-electron chi connectivity index (χ1n) is 7.54. The fourth-order valence-electron chi connectivity index (χ4n) is 2.06. The molecule has 0 radical (unpaired) electrons. The quantitative estimate of drug-likeness (QED) is 0.652. The Morgan fingerprint density at radius 2 is 1.96 bits per heavy atom. The molecule has 0 fully saturated rings. The number of carbonyl (C=O) groups is 1. The van der Waals surface area contributed by atoms with Gasteiger partial charge < -0.3 is 10.3 Å². The van der Waals surface area contributed by atoms with Crippen molar-refractivity contribution in [3.63, 3.8) is 0 Å². The van der Waals surface area contributed by atoms with Gasteiger partial charge in [0.15, 0.2) is 5.16 Å². The van der Waals surface area contributed by atoms with Gasteiger partial charge in [0.1, 0.15) is 0 Å². The Bertz CT molecular complexity index is 753. The van der Waals surface area contributed by atoms with E-state index in [1.165, 1.54) is 11.8 Å². The van der Waals surface area contributed by atoms with Crippen molar-refractivity contribution in [1.29, 1.82) is 0 Å². The number of hydrogen-bond donors (Lipinski definition) is 2. The first-order valence-corrected chi connectivity index (χ1v) is 8.42. The molecule has 2 aromatic rings. The summed E-state index contributed by atoms with van der Waals surface area (Å²) in [7, 11) is 0. The van der Waals surface area contributed by atoms with E-state index < -0.39 is 0 Å². The van der Waals surface area contributed by atoms with Crippen LogP contribution in [-0.2, 0) is 11.2 Å². The third kappa shape index (κ3) is 4.45. The minimum atomic E-state index is -0.369. The first kappa shape index (κ1) is 17.3. The summed E-state index contributed by atoms with van der Waals surface area (Å²) in [5.41, 5.74) is 3.15. The number of aromatic amines is 1. The number of aryl methyl sites for hydroxylation is 2. The van der Waals surface area contributed by atoms with Gasteiger partial charge in [0, 0.05) is 11.3 Å². The molecule has 0 aliphatic carbocycles. The predicted molar refractivity (Wildman–Crippen MR) is 94.1 cm³/mol. The topological polar surface area (TPSA) is 74.8 Å². The summed E-state index contributed by atoms with van der Waals surface area (Å²) in [4.78, 5) is 31.3. The lowest BCUT2D eigenvalue weighted by Crippen LogP contribution is -2.24. The number of rotatable bonds is 5. The van der Waals surface area contributed by atoms with Crippen molar-refractivity contribution in [2.45, 2.75) is 44.5 Å². The van der Waals surface area contributed by atoms with Crippen molar-refractivity contribution in [1.82, 2.24) is 9.97 Å². The Labute approximate surface area is 139 Å². The molecular formula is C17H21N3O2S. The fraction of sp³-hybridized carbons (Fsp3) is 0.353. The molecule has 0 unspecified atom stereocenters. The highest BCUT2D eigenvalue weighted by atomic mass is 32.2. The number of hydrogen-bond acceptors (Lipinski definition) is 4. The molecule has 0 spiro atoms. The van der Waals surface area contributed by atoms with Gasteiger partial charge in [-0.3, -0.25) is 9.59 Å². The highest BCUT2D eigenvalue weighted by molar-refractivity contribution is 8.00. The number of amides is 1. The van der Waals surface area contributed by atoms with Crippen molar-refractivity contribution < 1.29 is 4.79 Å². The molecule has 2 N–H and O–H groups in total. The van der Waals surface area contributed by atoms with Crippen LogP contribution in [0.15, 0.2) is 34.2 Å². The Kier molecular flexibility index (Phi) is 5.60. The number of nitrogens with zero attached hydrogens (tertiary/aromatic N) is 1. The van der Waals surface area contributed by atoms with Crippen LogP contribution in [-0.4, -0.2) is 21.1 Å². The summed E-state index contributed by atoms with van der Waals surface area (Å²) in [6.07, 6.45) is 0.688. The summed E-state index contributed by atoms with van der Waals surface area (Å²) in [5.74, 6) is -0.125. The number of aromatic nitrogens is 2. The molecule has 1 heterocycles. The number of H-pyrrole nitrogens is 1. The number of thioether (sulfide) groups is 1. The maximum Gasteiger partial charge on any atom is 0.254 e. The monoisotopic (exact) mass is 331 g/mol. The lowest BCUT2D eigenvalue weighted by atomic mass is 10.2. The Balaban J connectivity index is 2.07. The Morgan fingerprint density at radius 1 is 1.30 bits per heavy atom. The zero-order chi connectivity index (χ0) is 17.0. The van der Waals surface area contributed by atoms with E-state index in [0.29, 0.717) is 17.1 Å². The number of benzene rings is 1. The molecule has 1 amide bonds. The lowest BCUT2D eigenvalue weighted by Gasteiger charge is -2.12. The summed E-state index contributed by atoms with van der Waals surface area (Å²) >= 11 is 1.25. The fourth-order valence-corrected chi connectivity index (χ4v) is 2.87. The van der Waals surface area contributed by atoms with Crippen LogP contribution in [0.3, 0.4) is 0 Å². The normalized spacial score (nSPS) is 12.0. The largest absolute Gasteiger partial charge is 0.325 e.